The van der Waals surface area contributed by atoms with E-state index in [-0.39, 0.29) is 11.8 Å². The second kappa shape index (κ2) is 11.4. The number of hydrogen-bond donors (Lipinski definition) is 2. The van der Waals surface area contributed by atoms with Gasteiger partial charge in [-0.15, -0.1) is 0 Å². The van der Waals surface area contributed by atoms with Gasteiger partial charge in [-0.2, -0.15) is 0 Å². The van der Waals surface area contributed by atoms with Crippen molar-refractivity contribution in [1.82, 2.24) is 10.0 Å². The van der Waals surface area contributed by atoms with Crippen molar-refractivity contribution >= 4 is 34.9 Å². The summed E-state index contributed by atoms with van der Waals surface area (Å²) in [6, 6.07) is 35.8. The summed E-state index contributed by atoms with van der Waals surface area (Å²) in [5, 5.41) is 3.18. The van der Waals surface area contributed by atoms with E-state index in [4.69, 9.17) is 9.98 Å². The molecule has 4 aromatic rings. The van der Waals surface area contributed by atoms with Crippen molar-refractivity contribution in [2.75, 3.05) is 10.9 Å². The molecule has 4 aliphatic rings. The van der Waals surface area contributed by atoms with E-state index in [9.17, 15) is 9.59 Å². The number of amidine groups is 2. The fraction of sp³-hybridized carbons (Fsp3) is 0.243. The highest BCUT2D eigenvalue weighted by molar-refractivity contribution is 6.09. The standard InChI is InChI=1S/C19H19N3O.C18H17N3O/c1-14-20-19(13-7-9-15-8-5-6-12-17(15)19)18(23)22(14)21-16-10-3-2-4-11-16;1-13-19-18(12-11-14-7-5-6-10-16(14)18)17(22)21(13)20-15-8-3-2-4-9-15/h2-6,8,10-12,21H,7,9,13H2,1H3;2-10,20H,11-12H2,1H3. The van der Waals surface area contributed by atoms with E-state index in [1.54, 1.807) is 10.0 Å². The number of anilines is 2. The molecule has 0 fully saturated rings. The number of amides is 2. The number of aryl methyl sites for hydroxylation is 2. The fourth-order valence-electron chi connectivity index (χ4n) is 7.04. The van der Waals surface area contributed by atoms with Gasteiger partial charge in [0.15, 0.2) is 11.1 Å². The largest absolute Gasteiger partial charge is 0.290 e. The third-order valence-electron chi connectivity index (χ3n) is 9.16. The molecule has 4 aromatic carbocycles. The molecule has 2 atom stereocenters. The van der Waals surface area contributed by atoms with Crippen LogP contribution in [0.5, 0.6) is 0 Å². The first kappa shape index (κ1) is 28.5. The summed E-state index contributed by atoms with van der Waals surface area (Å²) in [6.07, 6.45) is 4.42. The van der Waals surface area contributed by atoms with E-state index in [0.29, 0.717) is 5.84 Å². The van der Waals surface area contributed by atoms with Crippen molar-refractivity contribution in [3.63, 3.8) is 0 Å². The normalized spacial score (nSPS) is 22.9. The summed E-state index contributed by atoms with van der Waals surface area (Å²) >= 11 is 0. The fourth-order valence-corrected chi connectivity index (χ4v) is 7.04. The Morgan fingerprint density at radius 2 is 0.978 bits per heavy atom. The van der Waals surface area contributed by atoms with Gasteiger partial charge in [0.05, 0.1) is 11.4 Å². The Hall–Kier alpha value is -5.24. The van der Waals surface area contributed by atoms with Crippen molar-refractivity contribution < 1.29 is 9.59 Å². The Bertz CT molecular complexity index is 1820. The van der Waals surface area contributed by atoms with Gasteiger partial charge in [-0.3, -0.25) is 20.4 Å². The molecular weight excluding hydrogens is 560 g/mol. The molecule has 45 heavy (non-hydrogen) atoms. The van der Waals surface area contributed by atoms with Crippen LogP contribution < -0.4 is 10.9 Å². The van der Waals surface area contributed by atoms with Gasteiger partial charge >= 0.3 is 0 Å². The number of nitrogens with one attached hydrogen (secondary N) is 2. The summed E-state index contributed by atoms with van der Waals surface area (Å²) in [5.41, 5.74) is 11.2. The predicted molar refractivity (Wildman–Crippen MR) is 178 cm³/mol. The van der Waals surface area contributed by atoms with Crippen LogP contribution in [0.4, 0.5) is 11.4 Å². The van der Waals surface area contributed by atoms with Gasteiger partial charge in [0.1, 0.15) is 11.7 Å². The minimum atomic E-state index is -0.749. The first-order chi connectivity index (χ1) is 21.9. The van der Waals surface area contributed by atoms with Crippen LogP contribution in [0, 0.1) is 0 Å². The molecule has 2 N–H and O–H groups in total. The predicted octanol–water partition coefficient (Wildman–Crippen LogP) is 6.62. The maximum absolute atomic E-state index is 13.2. The summed E-state index contributed by atoms with van der Waals surface area (Å²) in [5.74, 6) is 1.46. The molecule has 0 saturated heterocycles. The van der Waals surface area contributed by atoms with E-state index in [1.165, 1.54) is 11.1 Å². The molecule has 8 rings (SSSR count). The minimum absolute atomic E-state index is 0.0128. The van der Waals surface area contributed by atoms with Crippen LogP contribution in [0.2, 0.25) is 0 Å². The zero-order chi connectivity index (χ0) is 31.0. The van der Waals surface area contributed by atoms with Gasteiger partial charge in [-0.25, -0.2) is 20.0 Å². The molecule has 2 aliphatic carbocycles. The zero-order valence-electron chi connectivity index (χ0n) is 25.5. The smallest absolute Gasteiger partial charge is 0.279 e. The molecule has 8 nitrogen and oxygen atoms in total. The highest BCUT2D eigenvalue weighted by atomic mass is 16.2. The van der Waals surface area contributed by atoms with Gasteiger partial charge in [0.25, 0.3) is 11.8 Å². The van der Waals surface area contributed by atoms with Crippen LogP contribution in [0.25, 0.3) is 0 Å². The first-order valence-electron chi connectivity index (χ1n) is 15.5. The Labute approximate surface area is 263 Å². The lowest BCUT2D eigenvalue weighted by Crippen LogP contribution is -2.45. The summed E-state index contributed by atoms with van der Waals surface area (Å²) in [4.78, 5) is 35.8. The van der Waals surface area contributed by atoms with E-state index in [2.05, 4.69) is 29.1 Å². The molecule has 0 aromatic heterocycles. The maximum Gasteiger partial charge on any atom is 0.279 e. The molecule has 2 spiro atoms. The van der Waals surface area contributed by atoms with E-state index in [1.807, 2.05) is 105 Å². The molecule has 2 unspecified atom stereocenters. The van der Waals surface area contributed by atoms with Crippen LogP contribution in [-0.2, 0) is 33.5 Å². The average Bonchev–Trinajstić information content (AvgIpc) is 3.64. The maximum atomic E-state index is 13.2. The summed E-state index contributed by atoms with van der Waals surface area (Å²) < 4.78 is 0. The summed E-state index contributed by atoms with van der Waals surface area (Å²) in [7, 11) is 0. The Balaban J connectivity index is 0.000000145. The Kier molecular flexibility index (Phi) is 7.20. The Morgan fingerprint density at radius 3 is 1.49 bits per heavy atom. The lowest BCUT2D eigenvalue weighted by atomic mass is 9.76. The molecule has 2 heterocycles. The number of carbonyl (C=O) groups is 2. The number of carbonyl (C=O) groups excluding carboxylic acids is 2. The highest BCUT2D eigenvalue weighted by Gasteiger charge is 2.53. The molecule has 0 saturated carbocycles. The van der Waals surface area contributed by atoms with Crippen LogP contribution >= 0.6 is 0 Å². The van der Waals surface area contributed by atoms with Crippen molar-refractivity contribution in [1.29, 1.82) is 0 Å². The molecule has 0 radical (unpaired) electrons. The third-order valence-corrected chi connectivity index (χ3v) is 9.16. The average molecular weight is 597 g/mol. The van der Waals surface area contributed by atoms with Crippen molar-refractivity contribution in [2.24, 2.45) is 9.98 Å². The highest BCUT2D eigenvalue weighted by Crippen LogP contribution is 2.45. The lowest BCUT2D eigenvalue weighted by Gasteiger charge is -2.32. The molecule has 226 valence electrons. The first-order valence-corrected chi connectivity index (χ1v) is 15.5. The van der Waals surface area contributed by atoms with Crippen LogP contribution in [0.3, 0.4) is 0 Å². The SMILES string of the molecule is CC1=NC2(CCCc3ccccc32)C(=O)N1Nc1ccccc1.CC1=NC2(CCc3ccccc32)C(=O)N1Nc1ccccc1. The molecule has 8 heteroatoms. The van der Waals surface area contributed by atoms with E-state index in [0.717, 1.165) is 60.4 Å². The number of hydrazine groups is 2. The topological polar surface area (TPSA) is 89.4 Å². The second-order valence-corrected chi connectivity index (χ2v) is 11.9. The van der Waals surface area contributed by atoms with Gasteiger partial charge in [0.2, 0.25) is 0 Å². The molecular formula is C37H36N6O2. The molecule has 0 bridgehead atoms. The van der Waals surface area contributed by atoms with Crippen molar-refractivity contribution in [3.8, 4) is 0 Å². The minimum Gasteiger partial charge on any atom is -0.290 e. The van der Waals surface area contributed by atoms with Crippen LogP contribution in [-0.4, -0.2) is 33.5 Å². The number of hydrogen-bond acceptors (Lipinski definition) is 6. The number of rotatable bonds is 4. The quantitative estimate of drug-likeness (QED) is 0.277. The monoisotopic (exact) mass is 596 g/mol. The number of benzene rings is 4. The Morgan fingerprint density at radius 1 is 0.556 bits per heavy atom. The van der Waals surface area contributed by atoms with Gasteiger partial charge < -0.3 is 0 Å². The van der Waals surface area contributed by atoms with Gasteiger partial charge in [-0.1, -0.05) is 84.9 Å². The van der Waals surface area contributed by atoms with Crippen molar-refractivity contribution in [3.05, 3.63) is 131 Å². The lowest BCUT2D eigenvalue weighted by molar-refractivity contribution is -0.131. The molecule has 2 amide bonds. The number of nitrogens with zero attached hydrogens (tertiary/aromatic N) is 4. The molecule has 2 aliphatic heterocycles. The van der Waals surface area contributed by atoms with Crippen molar-refractivity contribution in [2.45, 2.75) is 57.0 Å². The number of aliphatic imine (C=N–C) groups is 2. The van der Waals surface area contributed by atoms with E-state index < -0.39 is 11.1 Å². The zero-order valence-corrected chi connectivity index (χ0v) is 25.5. The number of fused-ring (bicyclic) bond motifs is 4. The second-order valence-electron chi connectivity index (χ2n) is 11.9. The number of para-hydroxylation sites is 2. The van der Waals surface area contributed by atoms with Crippen LogP contribution in [0.15, 0.2) is 119 Å². The van der Waals surface area contributed by atoms with Gasteiger partial charge in [0, 0.05) is 0 Å². The van der Waals surface area contributed by atoms with Crippen LogP contribution in [0.1, 0.15) is 55.4 Å². The summed E-state index contributed by atoms with van der Waals surface area (Å²) in [6.45, 7) is 3.77. The van der Waals surface area contributed by atoms with Gasteiger partial charge in [-0.05, 0) is 92.5 Å². The van der Waals surface area contributed by atoms with E-state index >= 15 is 0 Å². The third kappa shape index (κ3) is 4.86.